The number of hydrogen-bond acceptors (Lipinski definition) is 4. The van der Waals surface area contributed by atoms with Gasteiger partial charge in [0.15, 0.2) is 5.82 Å². The van der Waals surface area contributed by atoms with Crippen LogP contribution < -0.4 is 5.32 Å². The summed E-state index contributed by atoms with van der Waals surface area (Å²) in [6.45, 7) is 1.73. The highest BCUT2D eigenvalue weighted by atomic mass is 79.9. The molecule has 0 unspecified atom stereocenters. The maximum atomic E-state index is 5.23. The van der Waals surface area contributed by atoms with Crippen LogP contribution in [0.15, 0.2) is 33.3 Å². The van der Waals surface area contributed by atoms with Crippen LogP contribution in [-0.2, 0) is 13.0 Å². The molecule has 1 aromatic heterocycles. The second kappa shape index (κ2) is 5.84. The number of nitrogens with zero attached hydrogens (tertiary/aromatic N) is 2. The Morgan fingerprint density at radius 2 is 2.05 bits per heavy atom. The number of benzene rings is 1. The highest BCUT2D eigenvalue weighted by Crippen LogP contribution is 2.27. The molecule has 1 heterocycles. The van der Waals surface area contributed by atoms with E-state index in [9.17, 15) is 0 Å². The van der Waals surface area contributed by atoms with Crippen LogP contribution in [0.1, 0.15) is 30.1 Å². The second-order valence-corrected chi connectivity index (χ2v) is 5.90. The van der Waals surface area contributed by atoms with Crippen molar-refractivity contribution in [3.8, 4) is 0 Å². The summed E-state index contributed by atoms with van der Waals surface area (Å²) < 4.78 is 6.31. The molecule has 1 aromatic carbocycles. The zero-order valence-corrected chi connectivity index (χ0v) is 12.2. The third-order valence-corrected chi connectivity index (χ3v) is 3.72. The Labute approximate surface area is 120 Å². The summed E-state index contributed by atoms with van der Waals surface area (Å²) >= 11 is 3.42. The van der Waals surface area contributed by atoms with Crippen LogP contribution in [0.25, 0.3) is 0 Å². The molecule has 1 fully saturated rings. The molecule has 0 radical (unpaired) electrons. The Kier molecular flexibility index (Phi) is 3.94. The van der Waals surface area contributed by atoms with Crippen LogP contribution in [0.2, 0.25) is 0 Å². The number of aromatic nitrogens is 2. The predicted octanol–water partition coefficient (Wildman–Crippen LogP) is 2.92. The zero-order chi connectivity index (χ0) is 13.1. The summed E-state index contributed by atoms with van der Waals surface area (Å²) in [6, 6.07) is 8.16. The van der Waals surface area contributed by atoms with Gasteiger partial charge in [-0.3, -0.25) is 0 Å². The molecule has 100 valence electrons. The van der Waals surface area contributed by atoms with E-state index in [4.69, 9.17) is 4.52 Å². The second-order valence-electron chi connectivity index (χ2n) is 4.98. The van der Waals surface area contributed by atoms with Gasteiger partial charge in [-0.25, -0.2) is 0 Å². The Morgan fingerprint density at radius 3 is 2.79 bits per heavy atom. The molecule has 0 saturated heterocycles. The lowest BCUT2D eigenvalue weighted by atomic mass is 10.1. The topological polar surface area (TPSA) is 51.0 Å². The largest absolute Gasteiger partial charge is 0.338 e. The fraction of sp³-hybridized carbons (Fsp3) is 0.429. The first kappa shape index (κ1) is 12.8. The van der Waals surface area contributed by atoms with E-state index >= 15 is 0 Å². The summed E-state index contributed by atoms with van der Waals surface area (Å²) in [5.74, 6) is 2.28. The van der Waals surface area contributed by atoms with Crippen molar-refractivity contribution in [1.82, 2.24) is 15.5 Å². The van der Waals surface area contributed by atoms with Crippen LogP contribution in [-0.4, -0.2) is 16.7 Å². The smallest absolute Gasteiger partial charge is 0.240 e. The standard InChI is InChI=1S/C14H16BrN3O/c15-12-5-3-10(4-6-12)7-13-17-14(19-18-13)9-16-8-11-1-2-11/h3-6,11,16H,1-2,7-9H2. The fourth-order valence-corrected chi connectivity index (χ4v) is 2.19. The molecule has 0 amide bonds. The Balaban J connectivity index is 1.53. The van der Waals surface area contributed by atoms with Crippen molar-refractivity contribution < 1.29 is 4.52 Å². The van der Waals surface area contributed by atoms with Crippen molar-refractivity contribution in [3.63, 3.8) is 0 Å². The first-order valence-electron chi connectivity index (χ1n) is 6.56. The molecule has 4 nitrogen and oxygen atoms in total. The molecule has 1 aliphatic carbocycles. The molecular weight excluding hydrogens is 306 g/mol. The van der Waals surface area contributed by atoms with Gasteiger partial charge in [0.25, 0.3) is 0 Å². The van der Waals surface area contributed by atoms with E-state index in [2.05, 4.69) is 43.5 Å². The van der Waals surface area contributed by atoms with Crippen LogP contribution in [0, 0.1) is 5.92 Å². The molecular formula is C14H16BrN3O. The quantitative estimate of drug-likeness (QED) is 0.888. The third-order valence-electron chi connectivity index (χ3n) is 3.19. The predicted molar refractivity (Wildman–Crippen MR) is 75.7 cm³/mol. The van der Waals surface area contributed by atoms with Gasteiger partial charge < -0.3 is 9.84 Å². The van der Waals surface area contributed by atoms with Gasteiger partial charge >= 0.3 is 0 Å². The SMILES string of the molecule is Brc1ccc(Cc2noc(CNCC3CC3)n2)cc1. The van der Waals surface area contributed by atoms with E-state index in [1.165, 1.54) is 18.4 Å². The van der Waals surface area contributed by atoms with Crippen LogP contribution >= 0.6 is 15.9 Å². The van der Waals surface area contributed by atoms with Gasteiger partial charge in [0, 0.05) is 10.9 Å². The fourth-order valence-electron chi connectivity index (χ4n) is 1.92. The maximum Gasteiger partial charge on any atom is 0.240 e. The van der Waals surface area contributed by atoms with E-state index in [0.717, 1.165) is 22.8 Å². The average Bonchev–Trinajstić information content (AvgIpc) is 3.12. The first-order valence-corrected chi connectivity index (χ1v) is 7.35. The van der Waals surface area contributed by atoms with Gasteiger partial charge in [0.1, 0.15) is 0 Å². The zero-order valence-electron chi connectivity index (χ0n) is 10.6. The minimum atomic E-state index is 0.670. The molecule has 0 atom stereocenters. The molecule has 5 heteroatoms. The molecule has 0 bridgehead atoms. The summed E-state index contributed by atoms with van der Waals surface area (Å²) in [5.41, 5.74) is 1.18. The Bertz CT molecular complexity index is 534. The van der Waals surface area contributed by atoms with Gasteiger partial charge in [-0.05, 0) is 43.0 Å². The molecule has 1 aliphatic rings. The van der Waals surface area contributed by atoms with Gasteiger partial charge in [0.2, 0.25) is 5.89 Å². The summed E-state index contributed by atoms with van der Waals surface area (Å²) in [7, 11) is 0. The van der Waals surface area contributed by atoms with Crippen molar-refractivity contribution in [1.29, 1.82) is 0 Å². The van der Waals surface area contributed by atoms with E-state index in [-0.39, 0.29) is 0 Å². The summed E-state index contributed by atoms with van der Waals surface area (Å²) in [4.78, 5) is 4.39. The molecule has 3 rings (SSSR count). The van der Waals surface area contributed by atoms with Gasteiger partial charge in [-0.2, -0.15) is 4.98 Å². The van der Waals surface area contributed by atoms with Crippen molar-refractivity contribution in [3.05, 3.63) is 46.0 Å². The lowest BCUT2D eigenvalue weighted by Crippen LogP contribution is -2.16. The highest BCUT2D eigenvalue weighted by Gasteiger charge is 2.20. The van der Waals surface area contributed by atoms with Gasteiger partial charge in [-0.1, -0.05) is 33.2 Å². The minimum absolute atomic E-state index is 0.670. The Hall–Kier alpha value is -1.20. The van der Waals surface area contributed by atoms with Gasteiger partial charge in [-0.15, -0.1) is 0 Å². The number of nitrogens with one attached hydrogen (secondary N) is 1. The van der Waals surface area contributed by atoms with Crippen molar-refractivity contribution in [2.24, 2.45) is 5.92 Å². The normalized spacial score (nSPS) is 14.8. The maximum absolute atomic E-state index is 5.23. The number of hydrogen-bond donors (Lipinski definition) is 1. The molecule has 2 aromatic rings. The van der Waals surface area contributed by atoms with E-state index in [0.29, 0.717) is 18.9 Å². The van der Waals surface area contributed by atoms with E-state index < -0.39 is 0 Å². The average molecular weight is 322 g/mol. The molecule has 0 spiro atoms. The lowest BCUT2D eigenvalue weighted by Gasteiger charge is -1.97. The molecule has 0 aliphatic heterocycles. The van der Waals surface area contributed by atoms with E-state index in [1.54, 1.807) is 0 Å². The van der Waals surface area contributed by atoms with Crippen LogP contribution in [0.4, 0.5) is 0 Å². The van der Waals surface area contributed by atoms with Crippen molar-refractivity contribution in [2.45, 2.75) is 25.8 Å². The molecule has 1 N–H and O–H groups in total. The van der Waals surface area contributed by atoms with Crippen molar-refractivity contribution in [2.75, 3.05) is 6.54 Å². The molecule has 19 heavy (non-hydrogen) atoms. The monoisotopic (exact) mass is 321 g/mol. The summed E-state index contributed by atoms with van der Waals surface area (Å²) in [5, 5.41) is 7.36. The molecule has 1 saturated carbocycles. The highest BCUT2D eigenvalue weighted by molar-refractivity contribution is 9.10. The third kappa shape index (κ3) is 3.88. The number of halogens is 1. The van der Waals surface area contributed by atoms with Crippen LogP contribution in [0.5, 0.6) is 0 Å². The summed E-state index contributed by atoms with van der Waals surface area (Å²) in [6.07, 6.45) is 3.41. The van der Waals surface area contributed by atoms with E-state index in [1.807, 2.05) is 12.1 Å². The first-order chi connectivity index (χ1) is 9.29. The Morgan fingerprint density at radius 1 is 1.26 bits per heavy atom. The van der Waals surface area contributed by atoms with Crippen LogP contribution in [0.3, 0.4) is 0 Å². The minimum Gasteiger partial charge on any atom is -0.338 e. The van der Waals surface area contributed by atoms with Gasteiger partial charge in [0.05, 0.1) is 6.54 Å². The van der Waals surface area contributed by atoms with Crippen molar-refractivity contribution >= 4 is 15.9 Å². The lowest BCUT2D eigenvalue weighted by molar-refractivity contribution is 0.362. The number of rotatable bonds is 6.